The largest absolute Gasteiger partial charge is 0.335 e. The van der Waals surface area contributed by atoms with Gasteiger partial charge in [0.15, 0.2) is 5.17 Å². The average Bonchev–Trinajstić information content (AvgIpc) is 2.84. The van der Waals surface area contributed by atoms with Crippen molar-refractivity contribution in [1.29, 1.82) is 0 Å². The Morgan fingerprint density at radius 1 is 0.938 bits per heavy atom. The van der Waals surface area contributed by atoms with E-state index in [9.17, 15) is 10.1 Å². The number of hydrogen-bond acceptors (Lipinski definition) is 6. The molecule has 0 saturated heterocycles. The van der Waals surface area contributed by atoms with Gasteiger partial charge >= 0.3 is 0 Å². The summed E-state index contributed by atoms with van der Waals surface area (Å²) >= 11 is 1.74. The van der Waals surface area contributed by atoms with E-state index >= 15 is 0 Å². The van der Waals surface area contributed by atoms with E-state index in [2.05, 4.69) is 10.3 Å². The summed E-state index contributed by atoms with van der Waals surface area (Å²) in [5.74, 6) is 1.09. The van der Waals surface area contributed by atoms with Crippen molar-refractivity contribution in [2.24, 2.45) is 4.99 Å². The lowest BCUT2D eigenvalue weighted by atomic mass is 9.98. The van der Waals surface area contributed by atoms with Crippen LogP contribution in [-0.2, 0) is 0 Å². The lowest BCUT2D eigenvalue weighted by molar-refractivity contribution is -0.384. The van der Waals surface area contributed by atoms with E-state index in [-0.39, 0.29) is 10.6 Å². The summed E-state index contributed by atoms with van der Waals surface area (Å²) in [4.78, 5) is 20.3. The minimum atomic E-state index is -0.372. The number of benzene rings is 3. The van der Waals surface area contributed by atoms with Crippen molar-refractivity contribution in [3.05, 3.63) is 89.0 Å². The second-order valence-electron chi connectivity index (χ2n) is 7.47. The Morgan fingerprint density at radius 3 is 2.47 bits per heavy atom. The molecular formula is C25H20N4O2S. The zero-order valence-electron chi connectivity index (χ0n) is 17.2. The van der Waals surface area contributed by atoms with Crippen LogP contribution in [0.2, 0.25) is 0 Å². The molecule has 1 N–H and O–H groups in total. The van der Waals surface area contributed by atoms with Crippen molar-refractivity contribution in [1.82, 2.24) is 4.98 Å². The summed E-state index contributed by atoms with van der Waals surface area (Å²) in [6, 6.07) is 24.8. The van der Waals surface area contributed by atoms with Gasteiger partial charge in [-0.25, -0.2) is 4.98 Å². The number of pyridine rings is 1. The van der Waals surface area contributed by atoms with Crippen molar-refractivity contribution in [2.45, 2.75) is 6.42 Å². The lowest BCUT2D eigenvalue weighted by Gasteiger charge is -2.14. The number of nitrogens with zero attached hydrogens (tertiary/aromatic N) is 3. The zero-order chi connectivity index (χ0) is 21.9. The van der Waals surface area contributed by atoms with Crippen LogP contribution in [0.4, 0.5) is 11.4 Å². The molecule has 0 saturated carbocycles. The lowest BCUT2D eigenvalue weighted by Crippen LogP contribution is -2.13. The molecule has 4 aromatic rings. The Morgan fingerprint density at radius 2 is 1.75 bits per heavy atom. The fraction of sp³-hybridized carbons (Fsp3) is 0.120. The van der Waals surface area contributed by atoms with Crippen LogP contribution < -0.4 is 5.32 Å². The van der Waals surface area contributed by atoms with Crippen molar-refractivity contribution >= 4 is 39.2 Å². The molecule has 0 aliphatic carbocycles. The van der Waals surface area contributed by atoms with Crippen molar-refractivity contribution in [2.75, 3.05) is 17.6 Å². The number of nitrogens with one attached hydrogen (secondary N) is 1. The second-order valence-corrected chi connectivity index (χ2v) is 8.55. The van der Waals surface area contributed by atoms with Crippen LogP contribution in [0, 0.1) is 10.1 Å². The van der Waals surface area contributed by atoms with E-state index in [1.165, 1.54) is 6.07 Å². The highest BCUT2D eigenvalue weighted by atomic mass is 32.2. The summed E-state index contributed by atoms with van der Waals surface area (Å²) in [6.45, 7) is 0.870. The highest BCUT2D eigenvalue weighted by Gasteiger charge is 2.14. The van der Waals surface area contributed by atoms with Crippen LogP contribution in [-0.4, -0.2) is 27.4 Å². The first kappa shape index (κ1) is 20.2. The standard InChI is InChI=1S/C25H20N4O2S/c30-29(31)20-11-12-23-22(15-20)21(17-5-2-1-3-6-17)16-24(28-23)18-7-9-19(10-8-18)27-25-26-13-4-14-32-25/h1-3,5-12,15-16H,4,13-14H2,(H,26,27). The fourth-order valence-electron chi connectivity index (χ4n) is 3.71. The number of fused-ring (bicyclic) bond motifs is 1. The molecule has 3 aromatic carbocycles. The minimum absolute atomic E-state index is 0.0585. The number of rotatable bonds is 4. The summed E-state index contributed by atoms with van der Waals surface area (Å²) in [7, 11) is 0. The zero-order valence-corrected chi connectivity index (χ0v) is 18.0. The van der Waals surface area contributed by atoms with Crippen molar-refractivity contribution in [3.8, 4) is 22.4 Å². The van der Waals surface area contributed by atoms with E-state index in [0.717, 1.165) is 62.9 Å². The third-order valence-corrected chi connectivity index (χ3v) is 6.31. The molecule has 0 atom stereocenters. The summed E-state index contributed by atoms with van der Waals surface area (Å²) in [6.07, 6.45) is 1.12. The smallest absolute Gasteiger partial charge is 0.270 e. The van der Waals surface area contributed by atoms with Crippen LogP contribution >= 0.6 is 11.8 Å². The molecule has 0 radical (unpaired) electrons. The molecule has 6 nitrogen and oxygen atoms in total. The van der Waals surface area contributed by atoms with Crippen LogP contribution in [0.3, 0.4) is 0 Å². The molecule has 0 amide bonds. The Bertz CT molecular complexity index is 1320. The second kappa shape index (κ2) is 8.80. The molecule has 158 valence electrons. The SMILES string of the molecule is O=[N+]([O-])c1ccc2nc(-c3ccc(NC4=NCCCS4)cc3)cc(-c3ccccc3)c2c1. The van der Waals surface area contributed by atoms with E-state index in [1.807, 2.05) is 60.7 Å². The molecule has 1 aliphatic rings. The van der Waals surface area contributed by atoms with Gasteiger partial charge in [-0.3, -0.25) is 15.1 Å². The molecule has 0 bridgehead atoms. The van der Waals surface area contributed by atoms with Gasteiger partial charge in [0.05, 0.1) is 16.1 Å². The summed E-state index contributed by atoms with van der Waals surface area (Å²) in [5.41, 5.74) is 5.48. The average molecular weight is 441 g/mol. The normalized spacial score (nSPS) is 13.6. The minimum Gasteiger partial charge on any atom is -0.335 e. The van der Waals surface area contributed by atoms with Crippen LogP contribution in [0.15, 0.2) is 83.9 Å². The maximum atomic E-state index is 11.3. The van der Waals surface area contributed by atoms with E-state index in [4.69, 9.17) is 4.98 Å². The molecule has 0 fully saturated rings. The number of nitro groups is 1. The number of hydrogen-bond donors (Lipinski definition) is 1. The number of non-ortho nitro benzene ring substituents is 1. The van der Waals surface area contributed by atoms with Gasteiger partial charge in [-0.2, -0.15) is 0 Å². The van der Waals surface area contributed by atoms with E-state index in [0.29, 0.717) is 0 Å². The number of amidine groups is 1. The van der Waals surface area contributed by atoms with Crippen LogP contribution in [0.5, 0.6) is 0 Å². The third kappa shape index (κ3) is 4.20. The van der Waals surface area contributed by atoms with Gasteiger partial charge in [-0.05, 0) is 41.8 Å². The van der Waals surface area contributed by atoms with Gasteiger partial charge in [0.25, 0.3) is 5.69 Å². The third-order valence-electron chi connectivity index (χ3n) is 5.32. The number of nitro benzene ring substituents is 1. The van der Waals surface area contributed by atoms with Gasteiger partial charge in [-0.1, -0.05) is 54.2 Å². The molecule has 0 spiro atoms. The predicted octanol–water partition coefficient (Wildman–Crippen LogP) is 6.38. The first-order valence-electron chi connectivity index (χ1n) is 10.4. The highest BCUT2D eigenvalue weighted by Crippen LogP contribution is 2.34. The number of aliphatic imine (C=N–C) groups is 1. The van der Waals surface area contributed by atoms with E-state index < -0.39 is 0 Å². The predicted molar refractivity (Wildman–Crippen MR) is 132 cm³/mol. The fourth-order valence-corrected chi connectivity index (χ4v) is 4.55. The monoisotopic (exact) mass is 440 g/mol. The first-order chi connectivity index (χ1) is 15.7. The molecule has 5 rings (SSSR count). The molecule has 32 heavy (non-hydrogen) atoms. The summed E-state index contributed by atoms with van der Waals surface area (Å²) < 4.78 is 0. The Kier molecular flexibility index (Phi) is 5.56. The Balaban J connectivity index is 1.56. The molecular weight excluding hydrogens is 420 g/mol. The number of aromatic nitrogens is 1. The highest BCUT2D eigenvalue weighted by molar-refractivity contribution is 8.14. The molecule has 7 heteroatoms. The molecule has 1 aliphatic heterocycles. The maximum Gasteiger partial charge on any atom is 0.270 e. The van der Waals surface area contributed by atoms with E-state index in [1.54, 1.807) is 23.9 Å². The maximum absolute atomic E-state index is 11.3. The molecule has 2 heterocycles. The topological polar surface area (TPSA) is 80.4 Å². The number of thioether (sulfide) groups is 1. The van der Waals surface area contributed by atoms with Gasteiger partial charge in [-0.15, -0.1) is 0 Å². The van der Waals surface area contributed by atoms with Gasteiger partial charge in [0, 0.05) is 41.1 Å². The molecule has 0 unspecified atom stereocenters. The Labute approximate surface area is 189 Å². The van der Waals surface area contributed by atoms with Gasteiger partial charge < -0.3 is 5.32 Å². The van der Waals surface area contributed by atoms with Crippen molar-refractivity contribution < 1.29 is 4.92 Å². The molecule has 1 aromatic heterocycles. The summed E-state index contributed by atoms with van der Waals surface area (Å²) in [5, 5.41) is 16.4. The number of anilines is 1. The first-order valence-corrected chi connectivity index (χ1v) is 11.4. The van der Waals surface area contributed by atoms with Gasteiger partial charge in [0.2, 0.25) is 0 Å². The van der Waals surface area contributed by atoms with Gasteiger partial charge in [0.1, 0.15) is 0 Å². The Hall–Kier alpha value is -3.71. The van der Waals surface area contributed by atoms with Crippen LogP contribution in [0.25, 0.3) is 33.3 Å². The van der Waals surface area contributed by atoms with Crippen LogP contribution in [0.1, 0.15) is 6.42 Å². The van der Waals surface area contributed by atoms with Crippen molar-refractivity contribution in [3.63, 3.8) is 0 Å². The quantitative estimate of drug-likeness (QED) is 0.294.